The molecule has 0 saturated heterocycles. The van der Waals surface area contributed by atoms with Gasteiger partial charge in [-0.1, -0.05) is 30.3 Å². The summed E-state index contributed by atoms with van der Waals surface area (Å²) in [4.78, 5) is 15.7. The Morgan fingerprint density at radius 1 is 1.22 bits per heavy atom. The summed E-state index contributed by atoms with van der Waals surface area (Å²) in [5.41, 5.74) is 1.91. The number of hydrogen-bond donors (Lipinski definition) is 1. The minimum Gasteiger partial charge on any atom is -0.297 e. The highest BCUT2D eigenvalue weighted by molar-refractivity contribution is 5.69. The highest BCUT2D eigenvalue weighted by Gasteiger charge is 2.36. The molecular weight excluding hydrogens is 355 g/mol. The summed E-state index contributed by atoms with van der Waals surface area (Å²) in [6, 6.07) is 7.78. The lowest BCUT2D eigenvalue weighted by Gasteiger charge is -2.22. The maximum absolute atomic E-state index is 13.5. The van der Waals surface area contributed by atoms with E-state index in [1.54, 1.807) is 31.2 Å². The third-order valence-corrected chi connectivity index (χ3v) is 4.57. The molecule has 0 bridgehead atoms. The number of benzene rings is 1. The third-order valence-electron chi connectivity index (χ3n) is 4.57. The van der Waals surface area contributed by atoms with Crippen molar-refractivity contribution in [2.75, 3.05) is 5.43 Å². The van der Waals surface area contributed by atoms with Crippen molar-refractivity contribution in [3.8, 4) is 11.3 Å². The van der Waals surface area contributed by atoms with Crippen LogP contribution < -0.4 is 11.0 Å². The van der Waals surface area contributed by atoms with Gasteiger partial charge < -0.3 is 0 Å². The van der Waals surface area contributed by atoms with Crippen LogP contribution in [0, 0.1) is 13.5 Å². The molecule has 0 fully saturated rings. The molecule has 0 saturated carbocycles. The Morgan fingerprint density at radius 2 is 1.96 bits per heavy atom. The molecule has 3 rings (SSSR count). The quantitative estimate of drug-likeness (QED) is 0.732. The zero-order chi connectivity index (χ0) is 19.6. The molecule has 1 heterocycles. The number of aromatic nitrogens is 1. The van der Waals surface area contributed by atoms with E-state index in [4.69, 9.17) is 6.57 Å². The van der Waals surface area contributed by atoms with Crippen molar-refractivity contribution in [3.05, 3.63) is 75.0 Å². The number of pyridine rings is 1. The molecular formula is C20H18F3N3O. The van der Waals surface area contributed by atoms with E-state index in [2.05, 4.69) is 10.3 Å². The van der Waals surface area contributed by atoms with E-state index in [0.717, 1.165) is 41.3 Å². The summed E-state index contributed by atoms with van der Waals surface area (Å²) < 4.78 is 41.5. The molecule has 4 nitrogen and oxygen atoms in total. The monoisotopic (exact) mass is 373 g/mol. The van der Waals surface area contributed by atoms with Crippen molar-refractivity contribution in [2.24, 2.45) is 0 Å². The van der Waals surface area contributed by atoms with Gasteiger partial charge in [-0.15, -0.1) is 0 Å². The highest BCUT2D eigenvalue weighted by atomic mass is 19.4. The van der Waals surface area contributed by atoms with Gasteiger partial charge in [-0.05, 0) is 44.2 Å². The summed E-state index contributed by atoms with van der Waals surface area (Å²) in [6.07, 6.45) is 0.655. The van der Waals surface area contributed by atoms with Crippen LogP contribution in [-0.4, -0.2) is 4.68 Å². The summed E-state index contributed by atoms with van der Waals surface area (Å²) >= 11 is 0. The van der Waals surface area contributed by atoms with Gasteiger partial charge in [-0.2, -0.15) is 13.2 Å². The lowest BCUT2D eigenvalue weighted by atomic mass is 10.0. The minimum absolute atomic E-state index is 0.0873. The number of halogens is 3. The normalized spacial score (nSPS) is 14.4. The second-order valence-corrected chi connectivity index (χ2v) is 6.44. The van der Waals surface area contributed by atoms with Crippen molar-refractivity contribution < 1.29 is 13.2 Å². The van der Waals surface area contributed by atoms with Crippen molar-refractivity contribution in [2.45, 2.75) is 38.8 Å². The molecule has 27 heavy (non-hydrogen) atoms. The molecule has 0 amide bonds. The Labute approximate surface area is 154 Å². The number of hydrogen-bond acceptors (Lipinski definition) is 2. The smallest absolute Gasteiger partial charge is 0.297 e. The fourth-order valence-electron chi connectivity index (χ4n) is 3.18. The van der Waals surface area contributed by atoms with E-state index in [-0.39, 0.29) is 5.69 Å². The molecule has 140 valence electrons. The van der Waals surface area contributed by atoms with Gasteiger partial charge in [0.15, 0.2) is 0 Å². The lowest BCUT2D eigenvalue weighted by molar-refractivity contribution is -0.136. The SMILES string of the molecule is [C-]#[N+]c1c(C(F)(F)F)cc(-c2ccccc2C)n(NC2=CCCCC2)c1=O. The van der Waals surface area contributed by atoms with Gasteiger partial charge in [0.2, 0.25) is 0 Å². The van der Waals surface area contributed by atoms with Crippen LogP contribution in [0.1, 0.15) is 36.8 Å². The summed E-state index contributed by atoms with van der Waals surface area (Å²) in [5.74, 6) is 0. The third kappa shape index (κ3) is 3.75. The average Bonchev–Trinajstić information content (AvgIpc) is 2.63. The van der Waals surface area contributed by atoms with E-state index >= 15 is 0 Å². The standard InChI is InChI=1S/C20H18F3N3O/c1-13-8-6-7-11-15(13)17-12-16(20(21,22)23)18(24-2)19(27)26(17)25-14-9-4-3-5-10-14/h6-9,11-12,25H,3-5,10H2,1H3. The summed E-state index contributed by atoms with van der Waals surface area (Å²) in [7, 11) is 0. The molecule has 0 radical (unpaired) electrons. The van der Waals surface area contributed by atoms with Crippen LogP contribution in [-0.2, 0) is 6.18 Å². The number of aryl methyl sites for hydroxylation is 1. The zero-order valence-corrected chi connectivity index (χ0v) is 14.7. The predicted molar refractivity (Wildman–Crippen MR) is 98.1 cm³/mol. The fourth-order valence-corrected chi connectivity index (χ4v) is 3.18. The second-order valence-electron chi connectivity index (χ2n) is 6.44. The van der Waals surface area contributed by atoms with Crippen molar-refractivity contribution in [3.63, 3.8) is 0 Å². The van der Waals surface area contributed by atoms with E-state index in [0.29, 0.717) is 12.0 Å². The molecule has 0 atom stereocenters. The van der Waals surface area contributed by atoms with Crippen LogP contribution in [0.4, 0.5) is 18.9 Å². The van der Waals surface area contributed by atoms with Gasteiger partial charge in [0.25, 0.3) is 11.2 Å². The zero-order valence-electron chi connectivity index (χ0n) is 14.7. The summed E-state index contributed by atoms with van der Waals surface area (Å²) in [6.45, 7) is 8.87. The van der Waals surface area contributed by atoms with Crippen LogP contribution in [0.15, 0.2) is 46.9 Å². The van der Waals surface area contributed by atoms with Crippen molar-refractivity contribution in [1.82, 2.24) is 4.68 Å². The van der Waals surface area contributed by atoms with Crippen LogP contribution in [0.25, 0.3) is 16.1 Å². The first-order chi connectivity index (χ1) is 12.8. The predicted octanol–water partition coefficient (Wildman–Crippen LogP) is 5.39. The number of alkyl halides is 3. The molecule has 1 aliphatic carbocycles. The molecule has 1 aromatic heterocycles. The van der Waals surface area contributed by atoms with Crippen LogP contribution in [0.2, 0.25) is 0 Å². The molecule has 7 heteroatoms. The topological polar surface area (TPSA) is 38.4 Å². The molecule has 0 unspecified atom stereocenters. The van der Waals surface area contributed by atoms with E-state index in [1.165, 1.54) is 0 Å². The minimum atomic E-state index is -4.79. The van der Waals surface area contributed by atoms with Gasteiger partial charge in [-0.3, -0.25) is 10.2 Å². The Kier molecular flexibility index (Phi) is 5.08. The Hall–Kier alpha value is -3.01. The van der Waals surface area contributed by atoms with Gasteiger partial charge in [0, 0.05) is 11.3 Å². The van der Waals surface area contributed by atoms with Gasteiger partial charge in [0.05, 0.1) is 17.8 Å². The molecule has 1 aromatic carbocycles. The van der Waals surface area contributed by atoms with Crippen molar-refractivity contribution >= 4 is 5.69 Å². The van der Waals surface area contributed by atoms with Gasteiger partial charge in [-0.25, -0.2) is 9.52 Å². The van der Waals surface area contributed by atoms with Crippen molar-refractivity contribution in [1.29, 1.82) is 0 Å². The fraction of sp³-hybridized carbons (Fsp3) is 0.300. The first-order valence-corrected chi connectivity index (χ1v) is 8.59. The highest BCUT2D eigenvalue weighted by Crippen LogP contribution is 2.37. The average molecular weight is 373 g/mol. The molecule has 0 aliphatic heterocycles. The Balaban J connectivity index is 2.30. The van der Waals surface area contributed by atoms with E-state index in [1.807, 2.05) is 6.08 Å². The van der Waals surface area contributed by atoms with Crippen LogP contribution in [0.5, 0.6) is 0 Å². The van der Waals surface area contributed by atoms with Gasteiger partial charge >= 0.3 is 6.18 Å². The number of rotatable bonds is 3. The first-order valence-electron chi connectivity index (χ1n) is 8.59. The van der Waals surface area contributed by atoms with E-state index in [9.17, 15) is 18.0 Å². The number of allylic oxidation sites excluding steroid dienone is 2. The Morgan fingerprint density at radius 3 is 2.56 bits per heavy atom. The molecule has 1 aliphatic rings. The second kappa shape index (κ2) is 7.31. The maximum atomic E-state index is 13.5. The largest absolute Gasteiger partial charge is 0.407 e. The van der Waals surface area contributed by atoms with Crippen LogP contribution in [0.3, 0.4) is 0 Å². The number of nitrogens with one attached hydrogen (secondary N) is 1. The maximum Gasteiger partial charge on any atom is 0.407 e. The number of nitrogens with zero attached hydrogens (tertiary/aromatic N) is 2. The lowest BCUT2D eigenvalue weighted by Crippen LogP contribution is -2.32. The van der Waals surface area contributed by atoms with Gasteiger partial charge in [0.1, 0.15) is 0 Å². The van der Waals surface area contributed by atoms with E-state index < -0.39 is 23.0 Å². The molecule has 2 aromatic rings. The van der Waals surface area contributed by atoms with Crippen LogP contribution >= 0.6 is 0 Å². The summed E-state index contributed by atoms with van der Waals surface area (Å²) in [5, 5.41) is 0. The molecule has 0 spiro atoms. The Bertz CT molecular complexity index is 997. The molecule has 1 N–H and O–H groups in total. The first kappa shape index (κ1) is 18.8.